The molecule has 4 nitrogen and oxygen atoms in total. The molecule has 19 heavy (non-hydrogen) atoms. The van der Waals surface area contributed by atoms with Crippen LogP contribution in [0.4, 0.5) is 5.69 Å². The first-order chi connectivity index (χ1) is 9.36. The largest absolute Gasteiger partial charge is 0.385 e. The SMILES string of the molecule is COCCCCNc1c(C#N)cnc2ccccc12. The van der Waals surface area contributed by atoms with Crippen molar-refractivity contribution < 1.29 is 4.74 Å². The number of ether oxygens (including phenoxy) is 1. The molecule has 0 aliphatic rings. The van der Waals surface area contributed by atoms with Crippen LogP contribution in [0.15, 0.2) is 30.5 Å². The van der Waals surface area contributed by atoms with E-state index in [9.17, 15) is 0 Å². The van der Waals surface area contributed by atoms with Gasteiger partial charge in [0, 0.05) is 31.8 Å². The standard InChI is InChI=1S/C15H17N3O/c1-19-9-5-4-8-17-15-12(10-16)11-18-14-7-3-2-6-13(14)15/h2-3,6-7,11H,4-5,8-9H2,1H3,(H,17,18). The number of nitrogens with one attached hydrogen (secondary N) is 1. The smallest absolute Gasteiger partial charge is 0.103 e. The van der Waals surface area contributed by atoms with Gasteiger partial charge in [-0.25, -0.2) is 0 Å². The third kappa shape index (κ3) is 3.21. The van der Waals surface area contributed by atoms with Crippen LogP contribution in [0.3, 0.4) is 0 Å². The molecule has 0 aliphatic heterocycles. The molecule has 98 valence electrons. The van der Waals surface area contributed by atoms with Crippen LogP contribution < -0.4 is 5.32 Å². The second-order valence-corrected chi connectivity index (χ2v) is 4.30. The van der Waals surface area contributed by atoms with Crippen molar-refractivity contribution in [2.24, 2.45) is 0 Å². The fourth-order valence-electron chi connectivity index (χ4n) is 2.00. The maximum Gasteiger partial charge on any atom is 0.103 e. The Balaban J connectivity index is 2.17. The van der Waals surface area contributed by atoms with Gasteiger partial charge in [-0.15, -0.1) is 0 Å². The van der Waals surface area contributed by atoms with E-state index >= 15 is 0 Å². The Morgan fingerprint density at radius 3 is 2.95 bits per heavy atom. The van der Waals surface area contributed by atoms with Gasteiger partial charge in [-0.05, 0) is 18.9 Å². The van der Waals surface area contributed by atoms with E-state index in [1.54, 1.807) is 13.3 Å². The highest BCUT2D eigenvalue weighted by atomic mass is 16.5. The van der Waals surface area contributed by atoms with E-state index in [0.29, 0.717) is 5.56 Å². The maximum absolute atomic E-state index is 9.17. The second kappa shape index (κ2) is 6.72. The van der Waals surface area contributed by atoms with Crippen molar-refractivity contribution in [3.63, 3.8) is 0 Å². The summed E-state index contributed by atoms with van der Waals surface area (Å²) in [7, 11) is 1.71. The summed E-state index contributed by atoms with van der Waals surface area (Å²) in [4.78, 5) is 4.29. The van der Waals surface area contributed by atoms with Gasteiger partial charge in [0.1, 0.15) is 6.07 Å². The van der Waals surface area contributed by atoms with Gasteiger partial charge in [-0.3, -0.25) is 4.98 Å². The monoisotopic (exact) mass is 255 g/mol. The molecule has 1 heterocycles. The average molecular weight is 255 g/mol. The third-order valence-corrected chi connectivity index (χ3v) is 2.97. The highest BCUT2D eigenvalue weighted by Gasteiger charge is 2.07. The molecule has 0 bridgehead atoms. The summed E-state index contributed by atoms with van der Waals surface area (Å²) in [6.07, 6.45) is 3.64. The number of benzene rings is 1. The second-order valence-electron chi connectivity index (χ2n) is 4.30. The Bertz CT molecular complexity index is 589. The topological polar surface area (TPSA) is 57.9 Å². The highest BCUT2D eigenvalue weighted by Crippen LogP contribution is 2.25. The number of nitrogens with zero attached hydrogens (tertiary/aromatic N) is 2. The number of nitriles is 1. The number of aromatic nitrogens is 1. The summed E-state index contributed by atoms with van der Waals surface area (Å²) in [5.74, 6) is 0. The minimum absolute atomic E-state index is 0.588. The number of anilines is 1. The molecule has 0 spiro atoms. The van der Waals surface area contributed by atoms with Crippen LogP contribution in [0.1, 0.15) is 18.4 Å². The van der Waals surface area contributed by atoms with Crippen molar-refractivity contribution in [2.75, 3.05) is 25.6 Å². The van der Waals surface area contributed by atoms with E-state index in [1.165, 1.54) is 0 Å². The van der Waals surface area contributed by atoms with E-state index in [-0.39, 0.29) is 0 Å². The minimum Gasteiger partial charge on any atom is -0.385 e. The third-order valence-electron chi connectivity index (χ3n) is 2.97. The first-order valence-electron chi connectivity index (χ1n) is 6.37. The van der Waals surface area contributed by atoms with Gasteiger partial charge in [-0.1, -0.05) is 18.2 Å². The molecule has 0 saturated heterocycles. The van der Waals surface area contributed by atoms with Crippen LogP contribution in [-0.4, -0.2) is 25.2 Å². The van der Waals surface area contributed by atoms with Gasteiger partial charge in [0.15, 0.2) is 0 Å². The summed E-state index contributed by atoms with van der Waals surface area (Å²) in [5.41, 5.74) is 2.37. The Hall–Kier alpha value is -2.12. The Morgan fingerprint density at radius 1 is 1.32 bits per heavy atom. The van der Waals surface area contributed by atoms with Crippen LogP contribution in [0.25, 0.3) is 10.9 Å². The summed E-state index contributed by atoms with van der Waals surface area (Å²) in [6.45, 7) is 1.59. The number of para-hydroxylation sites is 1. The van der Waals surface area contributed by atoms with Crippen molar-refractivity contribution in [1.29, 1.82) is 5.26 Å². The van der Waals surface area contributed by atoms with Gasteiger partial charge in [0.05, 0.1) is 16.8 Å². The number of unbranched alkanes of at least 4 members (excludes halogenated alkanes) is 1. The number of hydrogen-bond acceptors (Lipinski definition) is 4. The van der Waals surface area contributed by atoms with E-state index in [1.807, 2.05) is 24.3 Å². The summed E-state index contributed by atoms with van der Waals surface area (Å²) in [6, 6.07) is 10.0. The van der Waals surface area contributed by atoms with Gasteiger partial charge in [0.25, 0.3) is 0 Å². The van der Waals surface area contributed by atoms with Crippen molar-refractivity contribution in [1.82, 2.24) is 4.98 Å². The minimum atomic E-state index is 0.588. The molecule has 0 saturated carbocycles. The average Bonchev–Trinajstić information content (AvgIpc) is 2.47. The zero-order chi connectivity index (χ0) is 13.5. The fraction of sp³-hybridized carbons (Fsp3) is 0.333. The summed E-state index contributed by atoms with van der Waals surface area (Å²) >= 11 is 0. The van der Waals surface area contributed by atoms with Crippen molar-refractivity contribution >= 4 is 16.6 Å². The number of pyridine rings is 1. The van der Waals surface area contributed by atoms with Crippen LogP contribution in [0, 0.1) is 11.3 Å². The number of rotatable bonds is 6. The molecular weight excluding hydrogens is 238 g/mol. The lowest BCUT2D eigenvalue weighted by atomic mass is 10.1. The highest BCUT2D eigenvalue weighted by molar-refractivity contribution is 5.93. The van der Waals surface area contributed by atoms with Crippen LogP contribution >= 0.6 is 0 Å². The zero-order valence-corrected chi connectivity index (χ0v) is 11.0. The van der Waals surface area contributed by atoms with Crippen molar-refractivity contribution in [2.45, 2.75) is 12.8 Å². The maximum atomic E-state index is 9.17. The van der Waals surface area contributed by atoms with Gasteiger partial charge < -0.3 is 10.1 Å². The molecule has 1 aromatic carbocycles. The fourth-order valence-corrected chi connectivity index (χ4v) is 2.00. The molecule has 4 heteroatoms. The normalized spacial score (nSPS) is 10.3. The Labute approximate surface area is 113 Å². The molecule has 0 aliphatic carbocycles. The van der Waals surface area contributed by atoms with E-state index in [2.05, 4.69) is 16.4 Å². The molecular formula is C15H17N3O. The first-order valence-corrected chi connectivity index (χ1v) is 6.37. The molecule has 1 aromatic heterocycles. The zero-order valence-electron chi connectivity index (χ0n) is 11.0. The van der Waals surface area contributed by atoms with Gasteiger partial charge in [-0.2, -0.15) is 5.26 Å². The lowest BCUT2D eigenvalue weighted by molar-refractivity contribution is 0.194. The Kier molecular flexibility index (Phi) is 4.71. The van der Waals surface area contributed by atoms with E-state index < -0.39 is 0 Å². The molecule has 0 amide bonds. The van der Waals surface area contributed by atoms with E-state index in [4.69, 9.17) is 10.00 Å². The molecule has 2 rings (SSSR count). The van der Waals surface area contributed by atoms with Crippen LogP contribution in [-0.2, 0) is 4.74 Å². The van der Waals surface area contributed by atoms with Gasteiger partial charge >= 0.3 is 0 Å². The lowest BCUT2D eigenvalue weighted by Crippen LogP contribution is -2.05. The molecule has 0 radical (unpaired) electrons. The van der Waals surface area contributed by atoms with Crippen molar-refractivity contribution in [3.8, 4) is 6.07 Å². The summed E-state index contributed by atoms with van der Waals surface area (Å²) in [5, 5.41) is 13.5. The van der Waals surface area contributed by atoms with E-state index in [0.717, 1.165) is 42.6 Å². The quantitative estimate of drug-likeness (QED) is 0.806. The first kappa shape index (κ1) is 13.3. The number of fused-ring (bicyclic) bond motifs is 1. The molecule has 0 unspecified atom stereocenters. The van der Waals surface area contributed by atoms with Gasteiger partial charge in [0.2, 0.25) is 0 Å². The molecule has 2 aromatic rings. The van der Waals surface area contributed by atoms with Crippen LogP contribution in [0.5, 0.6) is 0 Å². The van der Waals surface area contributed by atoms with Crippen LogP contribution in [0.2, 0.25) is 0 Å². The number of hydrogen-bond donors (Lipinski definition) is 1. The molecule has 1 N–H and O–H groups in total. The summed E-state index contributed by atoms with van der Waals surface area (Å²) < 4.78 is 5.02. The lowest BCUT2D eigenvalue weighted by Gasteiger charge is -2.11. The predicted molar refractivity (Wildman–Crippen MR) is 76.1 cm³/mol. The molecule has 0 fully saturated rings. The number of methoxy groups -OCH3 is 1. The predicted octanol–water partition coefficient (Wildman–Crippen LogP) is 2.94. The Morgan fingerprint density at radius 2 is 2.16 bits per heavy atom. The molecule has 0 atom stereocenters. The van der Waals surface area contributed by atoms with Crippen molar-refractivity contribution in [3.05, 3.63) is 36.0 Å².